The number of nitrogens with zero attached hydrogens (tertiary/aromatic N) is 3. The van der Waals surface area contributed by atoms with Crippen molar-refractivity contribution in [3.63, 3.8) is 0 Å². The number of hydrogen-bond donors (Lipinski definition) is 1. The average Bonchev–Trinajstić information content (AvgIpc) is 2.74. The van der Waals surface area contributed by atoms with Gasteiger partial charge in [0.15, 0.2) is 0 Å². The lowest BCUT2D eigenvalue weighted by Gasteiger charge is -2.34. The van der Waals surface area contributed by atoms with Crippen LogP contribution < -0.4 is 5.73 Å². The molecule has 0 spiro atoms. The van der Waals surface area contributed by atoms with Crippen molar-refractivity contribution in [2.75, 3.05) is 26.2 Å². The third kappa shape index (κ3) is 4.07. The van der Waals surface area contributed by atoms with Gasteiger partial charge >= 0.3 is 0 Å². The SMILES string of the molecule is Cc1cnc2c(S(=O)(=O)N3CCN(Cc4ccc(C(N)=O)cc4)CC3)cccc2c1. The van der Waals surface area contributed by atoms with E-state index in [0.29, 0.717) is 43.8 Å². The summed E-state index contributed by atoms with van der Waals surface area (Å²) in [5.41, 5.74) is 8.33. The number of fused-ring (bicyclic) bond motifs is 1. The monoisotopic (exact) mass is 424 g/mol. The molecule has 1 aliphatic heterocycles. The van der Waals surface area contributed by atoms with Crippen LogP contribution in [-0.4, -0.2) is 54.7 Å². The van der Waals surface area contributed by atoms with E-state index < -0.39 is 15.9 Å². The van der Waals surface area contributed by atoms with E-state index in [1.807, 2.05) is 31.2 Å². The van der Waals surface area contributed by atoms with Crippen molar-refractivity contribution in [1.29, 1.82) is 0 Å². The molecule has 0 unspecified atom stereocenters. The van der Waals surface area contributed by atoms with Gasteiger partial charge in [-0.3, -0.25) is 14.7 Å². The number of aromatic nitrogens is 1. The molecule has 0 bridgehead atoms. The van der Waals surface area contributed by atoms with Gasteiger partial charge in [0.2, 0.25) is 15.9 Å². The van der Waals surface area contributed by atoms with Crippen LogP contribution in [0.2, 0.25) is 0 Å². The molecule has 3 aromatic rings. The summed E-state index contributed by atoms with van der Waals surface area (Å²) >= 11 is 0. The van der Waals surface area contributed by atoms with Crippen molar-refractivity contribution in [1.82, 2.24) is 14.2 Å². The molecule has 0 atom stereocenters. The Labute approximate surface area is 176 Å². The number of carbonyl (C=O) groups is 1. The molecule has 1 amide bonds. The molecule has 1 aromatic heterocycles. The fourth-order valence-electron chi connectivity index (χ4n) is 3.75. The fraction of sp³-hybridized carbons (Fsp3) is 0.273. The summed E-state index contributed by atoms with van der Waals surface area (Å²) in [5, 5.41) is 0.828. The first kappa shape index (κ1) is 20.5. The van der Waals surface area contributed by atoms with E-state index in [4.69, 9.17) is 5.73 Å². The third-order valence-electron chi connectivity index (χ3n) is 5.40. The van der Waals surface area contributed by atoms with Crippen molar-refractivity contribution in [3.8, 4) is 0 Å². The molecule has 156 valence electrons. The highest BCUT2D eigenvalue weighted by Gasteiger charge is 2.30. The maximum atomic E-state index is 13.3. The zero-order chi connectivity index (χ0) is 21.3. The second-order valence-electron chi connectivity index (χ2n) is 7.58. The van der Waals surface area contributed by atoms with E-state index in [-0.39, 0.29) is 4.90 Å². The zero-order valence-electron chi connectivity index (χ0n) is 16.8. The number of benzene rings is 2. The number of para-hydroxylation sites is 1. The first-order valence-corrected chi connectivity index (χ1v) is 11.3. The molecular weight excluding hydrogens is 400 g/mol. The lowest BCUT2D eigenvalue weighted by molar-refractivity contribution is 0.1000. The minimum Gasteiger partial charge on any atom is -0.366 e. The topological polar surface area (TPSA) is 96.6 Å². The normalized spacial score (nSPS) is 16.0. The van der Waals surface area contributed by atoms with Crippen molar-refractivity contribution in [3.05, 3.63) is 71.4 Å². The Morgan fingerprint density at radius 2 is 1.77 bits per heavy atom. The molecule has 1 aliphatic rings. The van der Waals surface area contributed by atoms with Crippen LogP contribution in [0.4, 0.5) is 0 Å². The highest BCUT2D eigenvalue weighted by molar-refractivity contribution is 7.89. The summed E-state index contributed by atoms with van der Waals surface area (Å²) in [6.07, 6.45) is 1.70. The van der Waals surface area contributed by atoms with Gasteiger partial charge in [0, 0.05) is 49.9 Å². The molecule has 1 fully saturated rings. The van der Waals surface area contributed by atoms with Crippen LogP contribution in [-0.2, 0) is 16.6 Å². The molecule has 1 saturated heterocycles. The quantitative estimate of drug-likeness (QED) is 0.677. The van der Waals surface area contributed by atoms with Gasteiger partial charge in [-0.25, -0.2) is 8.42 Å². The number of pyridine rings is 1. The predicted molar refractivity (Wildman–Crippen MR) is 115 cm³/mol. The van der Waals surface area contributed by atoms with Crippen LogP contribution in [0.3, 0.4) is 0 Å². The number of carbonyl (C=O) groups excluding carboxylic acids is 1. The minimum atomic E-state index is -3.62. The van der Waals surface area contributed by atoms with E-state index in [9.17, 15) is 13.2 Å². The molecule has 4 rings (SSSR count). The van der Waals surface area contributed by atoms with Gasteiger partial charge in [-0.15, -0.1) is 0 Å². The Bertz CT molecular complexity index is 1180. The average molecular weight is 425 g/mol. The number of sulfonamides is 1. The molecule has 8 heteroatoms. The van der Waals surface area contributed by atoms with Crippen LogP contribution in [0.5, 0.6) is 0 Å². The Morgan fingerprint density at radius 3 is 2.43 bits per heavy atom. The van der Waals surface area contributed by atoms with Crippen LogP contribution in [0.1, 0.15) is 21.5 Å². The molecule has 0 radical (unpaired) electrons. The Hall–Kier alpha value is -2.81. The number of amides is 1. The number of piperazine rings is 1. The van der Waals surface area contributed by atoms with E-state index in [0.717, 1.165) is 16.5 Å². The van der Waals surface area contributed by atoms with Crippen molar-refractivity contribution < 1.29 is 13.2 Å². The van der Waals surface area contributed by atoms with Gasteiger partial charge in [0.05, 0.1) is 5.52 Å². The highest BCUT2D eigenvalue weighted by Crippen LogP contribution is 2.25. The zero-order valence-corrected chi connectivity index (χ0v) is 17.6. The first-order chi connectivity index (χ1) is 14.3. The van der Waals surface area contributed by atoms with Crippen molar-refractivity contribution in [2.24, 2.45) is 5.73 Å². The smallest absolute Gasteiger partial charge is 0.248 e. The van der Waals surface area contributed by atoms with E-state index in [1.165, 1.54) is 4.31 Å². The summed E-state index contributed by atoms with van der Waals surface area (Å²) in [6, 6.07) is 14.4. The van der Waals surface area contributed by atoms with Gasteiger partial charge in [0.25, 0.3) is 0 Å². The Morgan fingerprint density at radius 1 is 1.07 bits per heavy atom. The van der Waals surface area contributed by atoms with Crippen molar-refractivity contribution in [2.45, 2.75) is 18.4 Å². The third-order valence-corrected chi connectivity index (χ3v) is 7.33. The maximum Gasteiger partial charge on any atom is 0.248 e. The van der Waals surface area contributed by atoms with Gasteiger partial charge in [-0.05, 0) is 42.3 Å². The number of hydrogen-bond acceptors (Lipinski definition) is 5. The van der Waals surface area contributed by atoms with E-state index in [1.54, 1.807) is 30.5 Å². The second kappa shape index (κ2) is 8.14. The summed E-state index contributed by atoms with van der Waals surface area (Å²) < 4.78 is 28.1. The number of aryl methyl sites for hydroxylation is 1. The fourth-order valence-corrected chi connectivity index (χ4v) is 5.34. The predicted octanol–water partition coefficient (Wildman–Crippen LogP) is 2.15. The van der Waals surface area contributed by atoms with Crippen LogP contribution in [0.25, 0.3) is 10.9 Å². The largest absolute Gasteiger partial charge is 0.366 e. The number of primary amides is 1. The second-order valence-corrected chi connectivity index (χ2v) is 9.49. The molecule has 0 saturated carbocycles. The molecule has 2 heterocycles. The van der Waals surface area contributed by atoms with Gasteiger partial charge < -0.3 is 5.73 Å². The van der Waals surface area contributed by atoms with E-state index in [2.05, 4.69) is 9.88 Å². The number of rotatable bonds is 5. The summed E-state index contributed by atoms with van der Waals surface area (Å²) in [7, 11) is -3.62. The Kier molecular flexibility index (Phi) is 5.55. The number of nitrogens with two attached hydrogens (primary N) is 1. The van der Waals surface area contributed by atoms with Crippen molar-refractivity contribution >= 4 is 26.8 Å². The molecule has 2 N–H and O–H groups in total. The lowest BCUT2D eigenvalue weighted by Crippen LogP contribution is -2.48. The minimum absolute atomic E-state index is 0.260. The maximum absolute atomic E-state index is 13.3. The molecule has 30 heavy (non-hydrogen) atoms. The van der Waals surface area contributed by atoms with Crippen LogP contribution in [0.15, 0.2) is 59.6 Å². The van der Waals surface area contributed by atoms with Crippen LogP contribution >= 0.6 is 0 Å². The van der Waals surface area contributed by atoms with Crippen LogP contribution in [0, 0.1) is 6.92 Å². The lowest BCUT2D eigenvalue weighted by atomic mass is 10.1. The highest BCUT2D eigenvalue weighted by atomic mass is 32.2. The summed E-state index contributed by atoms with van der Waals surface area (Å²) in [5.74, 6) is -0.446. The van der Waals surface area contributed by atoms with Gasteiger partial charge in [-0.2, -0.15) is 4.31 Å². The van der Waals surface area contributed by atoms with Gasteiger partial charge in [-0.1, -0.05) is 24.3 Å². The molecule has 2 aromatic carbocycles. The standard InChI is InChI=1S/C22H24N4O3S/c1-16-13-19-3-2-4-20(21(19)24-14-16)30(28,29)26-11-9-25(10-12-26)15-17-5-7-18(8-6-17)22(23)27/h2-8,13-14H,9-12,15H2,1H3,(H2,23,27). The Balaban J connectivity index is 1.46. The first-order valence-electron chi connectivity index (χ1n) is 9.81. The molecule has 7 nitrogen and oxygen atoms in total. The summed E-state index contributed by atoms with van der Waals surface area (Å²) in [4.78, 5) is 18.0. The summed E-state index contributed by atoms with van der Waals surface area (Å²) in [6.45, 7) is 4.74. The molecule has 0 aliphatic carbocycles. The van der Waals surface area contributed by atoms with E-state index >= 15 is 0 Å². The van der Waals surface area contributed by atoms with Gasteiger partial charge in [0.1, 0.15) is 4.90 Å². The molecular formula is C22H24N4O3S.